The minimum atomic E-state index is 0.302. The lowest BCUT2D eigenvalue weighted by atomic mass is 9.86. The predicted molar refractivity (Wildman–Crippen MR) is 69.0 cm³/mol. The molecule has 2 heterocycles. The van der Waals surface area contributed by atoms with Crippen LogP contribution in [-0.4, -0.2) is 22.6 Å². The second-order valence-corrected chi connectivity index (χ2v) is 6.05. The lowest BCUT2D eigenvalue weighted by Crippen LogP contribution is -2.28. The fourth-order valence-electron chi connectivity index (χ4n) is 2.99. The van der Waals surface area contributed by atoms with Crippen molar-refractivity contribution in [1.29, 1.82) is 0 Å². The van der Waals surface area contributed by atoms with E-state index in [1.54, 1.807) is 0 Å². The maximum absolute atomic E-state index is 4.36. The molecular formula is C14H23N3. The summed E-state index contributed by atoms with van der Waals surface area (Å²) in [4.78, 5) is 4.36. The first-order valence-corrected chi connectivity index (χ1v) is 6.99. The zero-order chi connectivity index (χ0) is 11.7. The van der Waals surface area contributed by atoms with E-state index in [1.807, 2.05) is 6.33 Å². The van der Waals surface area contributed by atoms with Gasteiger partial charge in [-0.1, -0.05) is 19.8 Å². The van der Waals surface area contributed by atoms with E-state index in [0.29, 0.717) is 5.41 Å². The Labute approximate surface area is 104 Å². The standard InChI is InChI=1S/C14H23N3/c1-14(6-7-15-10-14)13-9-16-11-17(13)8-2-3-12-4-5-12/h9,11-12,15H,2-8,10H2,1H3. The third kappa shape index (κ3) is 2.39. The van der Waals surface area contributed by atoms with E-state index in [0.717, 1.165) is 25.6 Å². The van der Waals surface area contributed by atoms with E-state index in [2.05, 4.69) is 28.0 Å². The molecule has 1 N–H and O–H groups in total. The van der Waals surface area contributed by atoms with Crippen molar-refractivity contribution in [2.75, 3.05) is 13.1 Å². The molecule has 1 atom stereocenters. The minimum absolute atomic E-state index is 0.302. The van der Waals surface area contributed by atoms with Crippen molar-refractivity contribution in [3.8, 4) is 0 Å². The first-order chi connectivity index (χ1) is 8.28. The largest absolute Gasteiger partial charge is 0.334 e. The Kier molecular flexibility index (Phi) is 2.95. The van der Waals surface area contributed by atoms with Crippen LogP contribution in [0.3, 0.4) is 0 Å². The topological polar surface area (TPSA) is 29.9 Å². The second-order valence-electron chi connectivity index (χ2n) is 6.05. The number of nitrogens with one attached hydrogen (secondary N) is 1. The van der Waals surface area contributed by atoms with Gasteiger partial charge in [0, 0.05) is 30.4 Å². The summed E-state index contributed by atoms with van der Waals surface area (Å²) in [6.07, 6.45) is 11.0. The van der Waals surface area contributed by atoms with Crippen LogP contribution >= 0.6 is 0 Å². The van der Waals surface area contributed by atoms with Crippen LogP contribution in [0.2, 0.25) is 0 Å². The molecule has 2 fully saturated rings. The van der Waals surface area contributed by atoms with Gasteiger partial charge in [-0.3, -0.25) is 0 Å². The monoisotopic (exact) mass is 233 g/mol. The quantitative estimate of drug-likeness (QED) is 0.846. The molecule has 0 radical (unpaired) electrons. The first-order valence-electron chi connectivity index (χ1n) is 6.99. The third-order valence-electron chi connectivity index (χ3n) is 4.41. The molecule has 1 aromatic rings. The van der Waals surface area contributed by atoms with Gasteiger partial charge in [-0.25, -0.2) is 4.98 Å². The molecule has 3 heteroatoms. The van der Waals surface area contributed by atoms with Gasteiger partial charge in [0.2, 0.25) is 0 Å². The summed E-state index contributed by atoms with van der Waals surface area (Å²) in [5.74, 6) is 1.05. The van der Waals surface area contributed by atoms with Gasteiger partial charge in [0.25, 0.3) is 0 Å². The lowest BCUT2D eigenvalue weighted by Gasteiger charge is -2.24. The molecule has 1 aliphatic heterocycles. The van der Waals surface area contributed by atoms with Crippen LogP contribution in [0.5, 0.6) is 0 Å². The van der Waals surface area contributed by atoms with Gasteiger partial charge in [-0.05, 0) is 31.7 Å². The van der Waals surface area contributed by atoms with Gasteiger partial charge in [-0.2, -0.15) is 0 Å². The summed E-state index contributed by atoms with van der Waals surface area (Å²) in [5.41, 5.74) is 1.73. The van der Waals surface area contributed by atoms with Crippen LogP contribution in [0.4, 0.5) is 0 Å². The summed E-state index contributed by atoms with van der Waals surface area (Å²) in [6, 6.07) is 0. The van der Waals surface area contributed by atoms with Crippen LogP contribution < -0.4 is 5.32 Å². The van der Waals surface area contributed by atoms with E-state index >= 15 is 0 Å². The number of rotatable bonds is 5. The van der Waals surface area contributed by atoms with Gasteiger partial charge >= 0.3 is 0 Å². The normalized spacial score (nSPS) is 28.8. The molecule has 1 saturated heterocycles. The number of hydrogen-bond donors (Lipinski definition) is 1. The zero-order valence-electron chi connectivity index (χ0n) is 10.8. The SMILES string of the molecule is CC1(c2cncn2CCCC2CC2)CCNC1. The van der Waals surface area contributed by atoms with Gasteiger partial charge in [-0.15, -0.1) is 0 Å². The average molecular weight is 233 g/mol. The molecule has 0 amide bonds. The van der Waals surface area contributed by atoms with Crippen molar-refractivity contribution in [2.45, 2.75) is 51.0 Å². The van der Waals surface area contributed by atoms with E-state index < -0.39 is 0 Å². The Morgan fingerprint density at radius 2 is 2.41 bits per heavy atom. The average Bonchev–Trinajstić information content (AvgIpc) is 2.84. The Balaban J connectivity index is 1.65. The molecule has 17 heavy (non-hydrogen) atoms. The molecule has 1 aliphatic carbocycles. The summed E-state index contributed by atoms with van der Waals surface area (Å²) in [6.45, 7) is 5.76. The maximum atomic E-state index is 4.36. The third-order valence-corrected chi connectivity index (χ3v) is 4.41. The van der Waals surface area contributed by atoms with Crippen molar-refractivity contribution >= 4 is 0 Å². The highest BCUT2D eigenvalue weighted by Gasteiger charge is 2.33. The Bertz CT molecular complexity index is 373. The number of aromatic nitrogens is 2. The van der Waals surface area contributed by atoms with Crippen molar-refractivity contribution < 1.29 is 0 Å². The Hall–Kier alpha value is -0.830. The molecule has 1 saturated carbocycles. The molecule has 2 aliphatic rings. The minimum Gasteiger partial charge on any atom is -0.334 e. The van der Waals surface area contributed by atoms with Gasteiger partial charge in [0.15, 0.2) is 0 Å². The van der Waals surface area contributed by atoms with Crippen molar-refractivity contribution in [3.63, 3.8) is 0 Å². The molecule has 94 valence electrons. The summed E-state index contributed by atoms with van der Waals surface area (Å²) >= 11 is 0. The van der Waals surface area contributed by atoms with Crippen LogP contribution in [0.15, 0.2) is 12.5 Å². The lowest BCUT2D eigenvalue weighted by molar-refractivity contribution is 0.460. The highest BCUT2D eigenvalue weighted by molar-refractivity contribution is 5.17. The first kappa shape index (κ1) is 11.3. The molecule has 0 aromatic carbocycles. The van der Waals surface area contributed by atoms with Gasteiger partial charge in [0.05, 0.1) is 6.33 Å². The number of nitrogens with zero attached hydrogens (tertiary/aromatic N) is 2. The van der Waals surface area contributed by atoms with Gasteiger partial charge < -0.3 is 9.88 Å². The van der Waals surface area contributed by atoms with E-state index in [4.69, 9.17) is 0 Å². The fraction of sp³-hybridized carbons (Fsp3) is 0.786. The summed E-state index contributed by atoms with van der Waals surface area (Å²) in [5, 5.41) is 3.47. The molecule has 1 unspecified atom stereocenters. The maximum Gasteiger partial charge on any atom is 0.0948 e. The molecule has 0 spiro atoms. The second kappa shape index (κ2) is 4.45. The van der Waals surface area contributed by atoms with Crippen LogP contribution in [0.25, 0.3) is 0 Å². The van der Waals surface area contributed by atoms with Crippen molar-refractivity contribution in [3.05, 3.63) is 18.2 Å². The molecule has 1 aromatic heterocycles. The van der Waals surface area contributed by atoms with Crippen molar-refractivity contribution in [1.82, 2.24) is 14.9 Å². The predicted octanol–water partition coefficient (Wildman–Crippen LogP) is 2.32. The highest BCUT2D eigenvalue weighted by Crippen LogP contribution is 2.34. The van der Waals surface area contributed by atoms with Crippen LogP contribution in [0, 0.1) is 5.92 Å². The molecular weight excluding hydrogens is 210 g/mol. The van der Waals surface area contributed by atoms with E-state index in [1.165, 1.54) is 37.8 Å². The number of hydrogen-bond acceptors (Lipinski definition) is 2. The smallest absolute Gasteiger partial charge is 0.0948 e. The zero-order valence-corrected chi connectivity index (χ0v) is 10.8. The summed E-state index contributed by atoms with van der Waals surface area (Å²) < 4.78 is 2.38. The van der Waals surface area contributed by atoms with Crippen LogP contribution in [0.1, 0.15) is 44.7 Å². The Morgan fingerprint density at radius 3 is 3.12 bits per heavy atom. The molecule has 0 bridgehead atoms. The van der Waals surface area contributed by atoms with E-state index in [-0.39, 0.29) is 0 Å². The Morgan fingerprint density at radius 1 is 1.53 bits per heavy atom. The number of imidazole rings is 1. The molecule has 3 nitrogen and oxygen atoms in total. The van der Waals surface area contributed by atoms with E-state index in [9.17, 15) is 0 Å². The van der Waals surface area contributed by atoms with Gasteiger partial charge in [0.1, 0.15) is 0 Å². The van der Waals surface area contributed by atoms with Crippen molar-refractivity contribution in [2.24, 2.45) is 5.92 Å². The summed E-state index contributed by atoms with van der Waals surface area (Å²) in [7, 11) is 0. The van der Waals surface area contributed by atoms with Crippen LogP contribution in [-0.2, 0) is 12.0 Å². The highest BCUT2D eigenvalue weighted by atomic mass is 15.1. The number of aryl methyl sites for hydroxylation is 1. The fourth-order valence-corrected chi connectivity index (χ4v) is 2.99. The molecule has 3 rings (SSSR count).